The largest absolute Gasteiger partial charge is 0.0836 e. The van der Waals surface area contributed by atoms with E-state index in [2.05, 4.69) is 84.9 Å². The van der Waals surface area contributed by atoms with E-state index in [0.29, 0.717) is 0 Å². The van der Waals surface area contributed by atoms with Crippen LogP contribution in [0.1, 0.15) is 17.5 Å². The SMILES string of the molecule is C(=C/c1cccc2ccccc12)/CCc1ccccc1. The van der Waals surface area contributed by atoms with Crippen molar-refractivity contribution in [3.05, 3.63) is 90.0 Å². The molecule has 0 aromatic heterocycles. The Morgan fingerprint density at radius 3 is 2.35 bits per heavy atom. The van der Waals surface area contributed by atoms with E-state index in [4.69, 9.17) is 0 Å². The van der Waals surface area contributed by atoms with Gasteiger partial charge < -0.3 is 0 Å². The first-order valence-corrected chi connectivity index (χ1v) is 7.12. The highest BCUT2D eigenvalue weighted by molar-refractivity contribution is 5.90. The quantitative estimate of drug-likeness (QED) is 0.580. The molecule has 0 N–H and O–H groups in total. The van der Waals surface area contributed by atoms with Crippen molar-refractivity contribution in [3.63, 3.8) is 0 Å². The van der Waals surface area contributed by atoms with Crippen LogP contribution in [0, 0.1) is 0 Å². The van der Waals surface area contributed by atoms with Crippen molar-refractivity contribution in [2.24, 2.45) is 0 Å². The van der Waals surface area contributed by atoms with Gasteiger partial charge in [0, 0.05) is 0 Å². The third kappa shape index (κ3) is 2.97. The molecule has 3 aromatic carbocycles. The molecule has 0 saturated carbocycles. The van der Waals surface area contributed by atoms with Gasteiger partial charge in [-0.15, -0.1) is 0 Å². The Kier molecular flexibility index (Phi) is 3.93. The summed E-state index contributed by atoms with van der Waals surface area (Å²) >= 11 is 0. The van der Waals surface area contributed by atoms with Crippen molar-refractivity contribution in [3.8, 4) is 0 Å². The number of hydrogen-bond acceptors (Lipinski definition) is 0. The molecule has 0 radical (unpaired) electrons. The van der Waals surface area contributed by atoms with Crippen LogP contribution in [0.3, 0.4) is 0 Å². The minimum absolute atomic E-state index is 1.08. The minimum atomic E-state index is 1.08. The summed E-state index contributed by atoms with van der Waals surface area (Å²) in [6.07, 6.45) is 6.69. The first kappa shape index (κ1) is 12.7. The fourth-order valence-electron chi connectivity index (χ4n) is 2.50. The molecule has 0 nitrogen and oxygen atoms in total. The predicted octanol–water partition coefficient (Wildman–Crippen LogP) is 5.49. The number of benzene rings is 3. The smallest absolute Gasteiger partial charge is 0.0112 e. The minimum Gasteiger partial charge on any atom is -0.0836 e. The monoisotopic (exact) mass is 258 g/mol. The summed E-state index contributed by atoms with van der Waals surface area (Å²) in [7, 11) is 0. The Bertz CT molecular complexity index is 703. The topological polar surface area (TPSA) is 0 Å². The van der Waals surface area contributed by atoms with Crippen molar-refractivity contribution in [2.45, 2.75) is 12.8 Å². The lowest BCUT2D eigenvalue weighted by atomic mass is 10.0. The predicted molar refractivity (Wildman–Crippen MR) is 87.7 cm³/mol. The van der Waals surface area contributed by atoms with Crippen LogP contribution in [0.15, 0.2) is 78.9 Å². The molecule has 0 bridgehead atoms. The first-order chi connectivity index (χ1) is 9.93. The lowest BCUT2D eigenvalue weighted by Gasteiger charge is -2.02. The molecule has 0 fully saturated rings. The van der Waals surface area contributed by atoms with Crippen molar-refractivity contribution < 1.29 is 0 Å². The molecule has 0 amide bonds. The third-order valence-corrected chi connectivity index (χ3v) is 3.56. The van der Waals surface area contributed by atoms with Crippen LogP contribution < -0.4 is 0 Å². The molecule has 0 aliphatic carbocycles. The van der Waals surface area contributed by atoms with Crippen molar-refractivity contribution in [1.29, 1.82) is 0 Å². The van der Waals surface area contributed by atoms with Crippen LogP contribution in [-0.2, 0) is 6.42 Å². The van der Waals surface area contributed by atoms with Crippen LogP contribution >= 0.6 is 0 Å². The van der Waals surface area contributed by atoms with E-state index in [0.717, 1.165) is 12.8 Å². The third-order valence-electron chi connectivity index (χ3n) is 3.56. The Labute approximate surface area is 120 Å². The summed E-state index contributed by atoms with van der Waals surface area (Å²) in [6.45, 7) is 0. The van der Waals surface area contributed by atoms with Gasteiger partial charge >= 0.3 is 0 Å². The summed E-state index contributed by atoms with van der Waals surface area (Å²) < 4.78 is 0. The van der Waals surface area contributed by atoms with Crippen LogP contribution in [0.4, 0.5) is 0 Å². The molecule has 0 saturated heterocycles. The van der Waals surface area contributed by atoms with Crippen LogP contribution in [-0.4, -0.2) is 0 Å². The van der Waals surface area contributed by atoms with E-state index in [9.17, 15) is 0 Å². The van der Waals surface area contributed by atoms with Gasteiger partial charge in [0.25, 0.3) is 0 Å². The second-order valence-electron chi connectivity index (χ2n) is 5.00. The van der Waals surface area contributed by atoms with Gasteiger partial charge in [0.2, 0.25) is 0 Å². The maximum Gasteiger partial charge on any atom is -0.0112 e. The van der Waals surface area contributed by atoms with Gasteiger partial charge in [-0.3, -0.25) is 0 Å². The zero-order valence-electron chi connectivity index (χ0n) is 11.5. The second-order valence-corrected chi connectivity index (χ2v) is 5.00. The van der Waals surface area contributed by atoms with Crippen molar-refractivity contribution in [2.75, 3.05) is 0 Å². The molecule has 0 aliphatic rings. The lowest BCUT2D eigenvalue weighted by Crippen LogP contribution is -1.82. The zero-order valence-corrected chi connectivity index (χ0v) is 11.5. The van der Waals surface area contributed by atoms with Gasteiger partial charge in [0.15, 0.2) is 0 Å². The van der Waals surface area contributed by atoms with Gasteiger partial charge in [0.05, 0.1) is 0 Å². The molecule has 3 rings (SSSR count). The zero-order chi connectivity index (χ0) is 13.6. The van der Waals surface area contributed by atoms with E-state index < -0.39 is 0 Å². The van der Waals surface area contributed by atoms with Crippen LogP contribution in [0.2, 0.25) is 0 Å². The number of aryl methyl sites for hydroxylation is 1. The molecule has 0 spiro atoms. The van der Waals surface area contributed by atoms with E-state index in [1.165, 1.54) is 21.9 Å². The maximum atomic E-state index is 2.27. The van der Waals surface area contributed by atoms with Crippen LogP contribution in [0.25, 0.3) is 16.8 Å². The molecule has 3 aromatic rings. The Morgan fingerprint density at radius 1 is 0.700 bits per heavy atom. The molecule has 0 heterocycles. The fraction of sp³-hybridized carbons (Fsp3) is 0.100. The summed E-state index contributed by atoms with van der Waals surface area (Å²) in [6, 6.07) is 25.6. The summed E-state index contributed by atoms with van der Waals surface area (Å²) in [4.78, 5) is 0. The average molecular weight is 258 g/mol. The van der Waals surface area contributed by atoms with Gasteiger partial charge in [0.1, 0.15) is 0 Å². The van der Waals surface area contributed by atoms with Gasteiger partial charge in [-0.25, -0.2) is 0 Å². The van der Waals surface area contributed by atoms with E-state index in [1.807, 2.05) is 0 Å². The first-order valence-electron chi connectivity index (χ1n) is 7.12. The number of hydrogen-bond donors (Lipinski definition) is 0. The van der Waals surface area contributed by atoms with Crippen molar-refractivity contribution >= 4 is 16.8 Å². The highest BCUT2D eigenvalue weighted by atomic mass is 14.0. The maximum absolute atomic E-state index is 2.27. The Balaban J connectivity index is 1.72. The fourth-order valence-corrected chi connectivity index (χ4v) is 2.50. The number of allylic oxidation sites excluding steroid dienone is 1. The van der Waals surface area contributed by atoms with Crippen molar-refractivity contribution in [1.82, 2.24) is 0 Å². The van der Waals surface area contributed by atoms with E-state index >= 15 is 0 Å². The summed E-state index contributed by atoms with van der Waals surface area (Å²) in [5, 5.41) is 2.63. The number of fused-ring (bicyclic) bond motifs is 1. The van der Waals surface area contributed by atoms with Gasteiger partial charge in [-0.1, -0.05) is 84.9 Å². The highest BCUT2D eigenvalue weighted by Crippen LogP contribution is 2.19. The molecule has 0 atom stereocenters. The van der Waals surface area contributed by atoms with E-state index in [-0.39, 0.29) is 0 Å². The molecular formula is C20H18. The molecule has 0 unspecified atom stereocenters. The van der Waals surface area contributed by atoms with E-state index in [1.54, 1.807) is 0 Å². The summed E-state index contributed by atoms with van der Waals surface area (Å²) in [5.41, 5.74) is 2.70. The van der Waals surface area contributed by atoms with Crippen LogP contribution in [0.5, 0.6) is 0 Å². The Hall–Kier alpha value is -2.34. The standard InChI is InChI=1S/C20H18/c1-2-9-17(10-3-1)11-4-5-12-18-14-8-15-19-13-6-7-16-20(18)19/h1-3,5-10,12-16H,4,11H2/b12-5-. The normalized spacial score (nSPS) is 11.2. The summed E-state index contributed by atoms with van der Waals surface area (Å²) in [5.74, 6) is 0. The number of rotatable bonds is 4. The Morgan fingerprint density at radius 2 is 1.45 bits per heavy atom. The molecular weight excluding hydrogens is 240 g/mol. The van der Waals surface area contributed by atoms with Gasteiger partial charge in [-0.05, 0) is 34.7 Å². The molecule has 0 aliphatic heterocycles. The van der Waals surface area contributed by atoms with Gasteiger partial charge in [-0.2, -0.15) is 0 Å². The lowest BCUT2D eigenvalue weighted by molar-refractivity contribution is 1.01. The molecule has 20 heavy (non-hydrogen) atoms. The second kappa shape index (κ2) is 6.21. The average Bonchev–Trinajstić information content (AvgIpc) is 2.53. The molecule has 0 heteroatoms. The highest BCUT2D eigenvalue weighted by Gasteiger charge is 1.96. The molecule has 98 valence electrons.